The van der Waals surface area contributed by atoms with Crippen LogP contribution in [0.5, 0.6) is 0 Å². The summed E-state index contributed by atoms with van der Waals surface area (Å²) in [6.45, 7) is 2.72. The number of nitrogens with zero attached hydrogens (tertiary/aromatic N) is 4. The van der Waals surface area contributed by atoms with Crippen molar-refractivity contribution in [2.24, 2.45) is 7.05 Å². The standard InChI is InChI=1S/C11H14ClN5O/c1-8(6-17-4-3-13-7-17)15-9-5-14-16(2)11(18)10(9)12/h3-5,7-8,15H,6H2,1-2H3. The van der Waals surface area contributed by atoms with Gasteiger partial charge in [-0.3, -0.25) is 4.79 Å². The van der Waals surface area contributed by atoms with Gasteiger partial charge in [0.15, 0.2) is 0 Å². The van der Waals surface area contributed by atoms with E-state index in [1.807, 2.05) is 17.7 Å². The fraction of sp³-hybridized carbons (Fsp3) is 0.364. The monoisotopic (exact) mass is 267 g/mol. The van der Waals surface area contributed by atoms with E-state index in [0.29, 0.717) is 5.69 Å². The molecule has 1 unspecified atom stereocenters. The average Bonchev–Trinajstić information content (AvgIpc) is 2.83. The van der Waals surface area contributed by atoms with Gasteiger partial charge in [0.1, 0.15) is 5.02 Å². The Balaban J connectivity index is 2.10. The SMILES string of the molecule is CC(Cn1ccnc1)Nc1cnn(C)c(=O)c1Cl. The molecule has 0 radical (unpaired) electrons. The second-order valence-electron chi connectivity index (χ2n) is 4.11. The molecule has 0 aliphatic heterocycles. The molecule has 0 amide bonds. The molecule has 2 rings (SSSR count). The first kappa shape index (κ1) is 12.6. The van der Waals surface area contributed by atoms with E-state index in [0.717, 1.165) is 6.54 Å². The number of anilines is 1. The zero-order valence-corrected chi connectivity index (χ0v) is 10.9. The molecule has 0 spiro atoms. The maximum atomic E-state index is 11.6. The van der Waals surface area contributed by atoms with Crippen LogP contribution >= 0.6 is 11.6 Å². The molecule has 0 aliphatic carbocycles. The van der Waals surface area contributed by atoms with Crippen LogP contribution < -0.4 is 10.9 Å². The number of halogens is 1. The molecule has 6 nitrogen and oxygen atoms in total. The summed E-state index contributed by atoms with van der Waals surface area (Å²) in [6, 6.07) is 0.102. The van der Waals surface area contributed by atoms with E-state index in [9.17, 15) is 4.79 Å². The van der Waals surface area contributed by atoms with Crippen molar-refractivity contribution >= 4 is 17.3 Å². The first-order valence-electron chi connectivity index (χ1n) is 5.52. The molecule has 18 heavy (non-hydrogen) atoms. The summed E-state index contributed by atoms with van der Waals surface area (Å²) >= 11 is 5.97. The van der Waals surface area contributed by atoms with E-state index in [2.05, 4.69) is 15.4 Å². The maximum Gasteiger partial charge on any atom is 0.287 e. The maximum absolute atomic E-state index is 11.6. The van der Waals surface area contributed by atoms with Crippen molar-refractivity contribution in [3.05, 3.63) is 40.3 Å². The molecule has 2 aromatic rings. The Labute approximate surface area is 109 Å². The van der Waals surface area contributed by atoms with Crippen molar-refractivity contribution < 1.29 is 0 Å². The third-order valence-electron chi connectivity index (χ3n) is 2.52. The Hall–Kier alpha value is -1.82. The Morgan fingerprint density at radius 2 is 2.33 bits per heavy atom. The number of aryl methyl sites for hydroxylation is 1. The minimum Gasteiger partial charge on any atom is -0.378 e. The highest BCUT2D eigenvalue weighted by atomic mass is 35.5. The molecular weight excluding hydrogens is 254 g/mol. The van der Waals surface area contributed by atoms with E-state index in [4.69, 9.17) is 11.6 Å². The van der Waals surface area contributed by atoms with Crippen LogP contribution in [-0.2, 0) is 13.6 Å². The predicted octanol–water partition coefficient (Wildman–Crippen LogP) is 1.13. The highest BCUT2D eigenvalue weighted by Gasteiger charge is 2.10. The highest BCUT2D eigenvalue weighted by Crippen LogP contribution is 2.16. The molecule has 2 heterocycles. The normalized spacial score (nSPS) is 12.4. The van der Waals surface area contributed by atoms with Crippen LogP contribution in [0.2, 0.25) is 5.02 Å². The number of aromatic nitrogens is 4. The van der Waals surface area contributed by atoms with Gasteiger partial charge in [0, 0.05) is 32.0 Å². The third-order valence-corrected chi connectivity index (χ3v) is 2.89. The van der Waals surface area contributed by atoms with E-state index in [1.165, 1.54) is 4.68 Å². The Morgan fingerprint density at radius 1 is 1.56 bits per heavy atom. The molecule has 1 N–H and O–H groups in total. The molecule has 2 aromatic heterocycles. The smallest absolute Gasteiger partial charge is 0.287 e. The van der Waals surface area contributed by atoms with Crippen molar-refractivity contribution in [3.8, 4) is 0 Å². The van der Waals surface area contributed by atoms with Gasteiger partial charge in [0.2, 0.25) is 0 Å². The summed E-state index contributed by atoms with van der Waals surface area (Å²) in [7, 11) is 1.56. The van der Waals surface area contributed by atoms with Crippen molar-refractivity contribution in [2.45, 2.75) is 19.5 Å². The lowest BCUT2D eigenvalue weighted by molar-refractivity contribution is 0.616. The fourth-order valence-electron chi connectivity index (χ4n) is 1.63. The average molecular weight is 268 g/mol. The van der Waals surface area contributed by atoms with Crippen LogP contribution in [0.25, 0.3) is 0 Å². The quantitative estimate of drug-likeness (QED) is 0.902. The van der Waals surface area contributed by atoms with Crippen molar-refractivity contribution in [1.82, 2.24) is 19.3 Å². The van der Waals surface area contributed by atoms with E-state index in [-0.39, 0.29) is 16.6 Å². The van der Waals surface area contributed by atoms with Gasteiger partial charge in [-0.2, -0.15) is 5.10 Å². The first-order chi connectivity index (χ1) is 8.58. The topological polar surface area (TPSA) is 64.7 Å². The second kappa shape index (κ2) is 5.22. The Morgan fingerprint density at radius 3 is 3.00 bits per heavy atom. The third kappa shape index (κ3) is 2.70. The second-order valence-corrected chi connectivity index (χ2v) is 4.48. The number of imidazole rings is 1. The lowest BCUT2D eigenvalue weighted by Gasteiger charge is -2.16. The zero-order chi connectivity index (χ0) is 13.1. The first-order valence-corrected chi connectivity index (χ1v) is 5.90. The van der Waals surface area contributed by atoms with Gasteiger partial charge in [-0.15, -0.1) is 0 Å². The van der Waals surface area contributed by atoms with Crippen molar-refractivity contribution in [3.63, 3.8) is 0 Å². The molecule has 0 saturated carbocycles. The van der Waals surface area contributed by atoms with Gasteiger partial charge in [-0.05, 0) is 6.92 Å². The minimum atomic E-state index is -0.309. The van der Waals surface area contributed by atoms with Gasteiger partial charge >= 0.3 is 0 Å². The number of rotatable bonds is 4. The fourth-order valence-corrected chi connectivity index (χ4v) is 1.86. The van der Waals surface area contributed by atoms with Crippen LogP contribution in [0.4, 0.5) is 5.69 Å². The zero-order valence-electron chi connectivity index (χ0n) is 10.2. The predicted molar refractivity (Wildman–Crippen MR) is 69.8 cm³/mol. The van der Waals surface area contributed by atoms with Crippen molar-refractivity contribution in [2.75, 3.05) is 5.32 Å². The van der Waals surface area contributed by atoms with Crippen LogP contribution in [0.15, 0.2) is 29.7 Å². The van der Waals surface area contributed by atoms with E-state index >= 15 is 0 Å². The number of nitrogens with one attached hydrogen (secondary N) is 1. The molecular formula is C11H14ClN5O. The molecule has 0 bridgehead atoms. The summed E-state index contributed by atoms with van der Waals surface area (Å²) < 4.78 is 3.15. The summed E-state index contributed by atoms with van der Waals surface area (Å²) in [5, 5.41) is 7.25. The number of hydrogen-bond donors (Lipinski definition) is 1. The lowest BCUT2D eigenvalue weighted by Crippen LogP contribution is -2.25. The molecule has 96 valence electrons. The minimum absolute atomic E-state index is 0.102. The molecule has 7 heteroatoms. The highest BCUT2D eigenvalue weighted by molar-refractivity contribution is 6.32. The number of hydrogen-bond acceptors (Lipinski definition) is 4. The Kier molecular flexibility index (Phi) is 3.66. The van der Waals surface area contributed by atoms with E-state index in [1.54, 1.807) is 25.8 Å². The van der Waals surface area contributed by atoms with Gasteiger partial charge in [-0.1, -0.05) is 11.6 Å². The molecule has 0 fully saturated rings. The van der Waals surface area contributed by atoms with E-state index < -0.39 is 0 Å². The van der Waals surface area contributed by atoms with Gasteiger partial charge in [0.25, 0.3) is 5.56 Å². The van der Waals surface area contributed by atoms with Gasteiger partial charge in [0.05, 0.1) is 18.2 Å². The van der Waals surface area contributed by atoms with Crippen LogP contribution in [0, 0.1) is 0 Å². The van der Waals surface area contributed by atoms with Crippen LogP contribution in [0.1, 0.15) is 6.92 Å². The lowest BCUT2D eigenvalue weighted by atomic mass is 10.3. The molecule has 1 atom stereocenters. The molecule has 0 aromatic carbocycles. The Bertz CT molecular complexity index is 578. The van der Waals surface area contributed by atoms with Gasteiger partial charge < -0.3 is 9.88 Å². The largest absolute Gasteiger partial charge is 0.378 e. The summed E-state index contributed by atoms with van der Waals surface area (Å²) in [4.78, 5) is 15.6. The summed E-state index contributed by atoms with van der Waals surface area (Å²) in [5.74, 6) is 0. The van der Waals surface area contributed by atoms with Crippen LogP contribution in [-0.4, -0.2) is 25.4 Å². The molecule has 0 aliphatic rings. The van der Waals surface area contributed by atoms with Crippen LogP contribution in [0.3, 0.4) is 0 Å². The summed E-state index contributed by atoms with van der Waals surface area (Å²) in [5.41, 5.74) is 0.240. The summed E-state index contributed by atoms with van der Waals surface area (Å²) in [6.07, 6.45) is 6.89. The molecule has 0 saturated heterocycles. The van der Waals surface area contributed by atoms with Gasteiger partial charge in [-0.25, -0.2) is 9.67 Å². The van der Waals surface area contributed by atoms with Crippen molar-refractivity contribution in [1.29, 1.82) is 0 Å².